The highest BCUT2D eigenvalue weighted by Gasteiger charge is 2.24. The number of carbonyl (C=O) groups is 1. The Labute approximate surface area is 167 Å². The predicted molar refractivity (Wildman–Crippen MR) is 112 cm³/mol. The molecule has 0 bridgehead atoms. The van der Waals surface area contributed by atoms with Crippen LogP contribution < -0.4 is 9.62 Å². The quantitative estimate of drug-likeness (QED) is 0.845. The molecule has 0 saturated carbocycles. The molecule has 0 aliphatic carbocycles. The highest BCUT2D eigenvalue weighted by molar-refractivity contribution is 7.89. The lowest BCUT2D eigenvalue weighted by atomic mass is 9.97. The van der Waals surface area contributed by atoms with Crippen LogP contribution in [0, 0.1) is 20.8 Å². The second-order valence-corrected chi connectivity index (χ2v) is 9.41. The Morgan fingerprint density at radius 1 is 1.07 bits per heavy atom. The normalized spacial score (nSPS) is 15.2. The first-order valence-electron chi connectivity index (χ1n) is 9.61. The Kier molecular flexibility index (Phi) is 5.64. The van der Waals surface area contributed by atoms with Crippen molar-refractivity contribution in [3.63, 3.8) is 0 Å². The number of amides is 1. The first kappa shape index (κ1) is 20.6. The van der Waals surface area contributed by atoms with Crippen LogP contribution in [-0.2, 0) is 21.2 Å². The molecule has 6 heteroatoms. The SMILES string of the molecule is CC(=O)N1CCCc2cc(S(=O)(=O)N[C@@H](C)c3cc(C)c(C)cc3C)ccc21. The third-order valence-electron chi connectivity index (χ3n) is 5.54. The van der Waals surface area contributed by atoms with E-state index in [2.05, 4.69) is 23.8 Å². The first-order chi connectivity index (χ1) is 13.1. The molecule has 1 N–H and O–H groups in total. The van der Waals surface area contributed by atoms with Crippen molar-refractivity contribution in [1.82, 2.24) is 4.72 Å². The maximum atomic E-state index is 13.0. The number of sulfonamides is 1. The number of nitrogens with one attached hydrogen (secondary N) is 1. The predicted octanol–water partition coefficient (Wildman–Crippen LogP) is 3.95. The monoisotopic (exact) mass is 400 g/mol. The fraction of sp³-hybridized carbons (Fsp3) is 0.409. The van der Waals surface area contributed by atoms with Gasteiger partial charge in [0, 0.05) is 25.2 Å². The van der Waals surface area contributed by atoms with E-state index in [9.17, 15) is 13.2 Å². The van der Waals surface area contributed by atoms with E-state index in [1.54, 1.807) is 23.1 Å². The van der Waals surface area contributed by atoms with Crippen molar-refractivity contribution in [2.75, 3.05) is 11.4 Å². The summed E-state index contributed by atoms with van der Waals surface area (Å²) in [5.41, 5.74) is 6.11. The van der Waals surface area contributed by atoms with Crippen molar-refractivity contribution in [3.05, 3.63) is 58.1 Å². The molecule has 0 unspecified atom stereocenters. The summed E-state index contributed by atoms with van der Waals surface area (Å²) >= 11 is 0. The number of rotatable bonds is 4. The molecule has 2 aromatic rings. The molecule has 0 aromatic heterocycles. The fourth-order valence-corrected chi connectivity index (χ4v) is 5.15. The van der Waals surface area contributed by atoms with Crippen LogP contribution in [0.15, 0.2) is 35.2 Å². The van der Waals surface area contributed by atoms with Crippen molar-refractivity contribution in [1.29, 1.82) is 0 Å². The third kappa shape index (κ3) is 3.98. The van der Waals surface area contributed by atoms with Crippen molar-refractivity contribution in [2.24, 2.45) is 0 Å². The number of benzene rings is 2. The minimum Gasteiger partial charge on any atom is -0.312 e. The zero-order chi connectivity index (χ0) is 20.6. The summed E-state index contributed by atoms with van der Waals surface area (Å²) in [5.74, 6) is -0.0199. The molecule has 1 amide bonds. The van der Waals surface area contributed by atoms with Crippen LogP contribution in [-0.4, -0.2) is 20.9 Å². The number of fused-ring (bicyclic) bond motifs is 1. The van der Waals surface area contributed by atoms with Crippen molar-refractivity contribution in [3.8, 4) is 0 Å². The fourth-order valence-electron chi connectivity index (χ4n) is 3.88. The summed E-state index contributed by atoms with van der Waals surface area (Å²) < 4.78 is 28.8. The van der Waals surface area contributed by atoms with Crippen LogP contribution in [0.4, 0.5) is 5.69 Å². The average Bonchev–Trinajstić information content (AvgIpc) is 2.63. The molecule has 1 aliphatic rings. The second kappa shape index (κ2) is 7.68. The maximum Gasteiger partial charge on any atom is 0.241 e. The van der Waals surface area contributed by atoms with E-state index in [1.165, 1.54) is 12.5 Å². The minimum atomic E-state index is -3.67. The smallest absolute Gasteiger partial charge is 0.241 e. The Morgan fingerprint density at radius 2 is 1.75 bits per heavy atom. The van der Waals surface area contributed by atoms with Crippen molar-refractivity contribution in [2.45, 2.75) is 58.4 Å². The topological polar surface area (TPSA) is 66.5 Å². The van der Waals surface area contributed by atoms with E-state index in [4.69, 9.17) is 0 Å². The van der Waals surface area contributed by atoms with Gasteiger partial charge in [-0.3, -0.25) is 4.79 Å². The summed E-state index contributed by atoms with van der Waals surface area (Å²) in [7, 11) is -3.67. The van der Waals surface area contributed by atoms with Crippen LogP contribution in [0.2, 0.25) is 0 Å². The summed E-state index contributed by atoms with van der Waals surface area (Å²) in [5, 5.41) is 0. The van der Waals surface area contributed by atoms with Crippen molar-refractivity contribution >= 4 is 21.6 Å². The van der Waals surface area contributed by atoms with Gasteiger partial charge < -0.3 is 4.90 Å². The average molecular weight is 401 g/mol. The lowest BCUT2D eigenvalue weighted by molar-refractivity contribution is -0.116. The number of nitrogens with zero attached hydrogens (tertiary/aromatic N) is 1. The van der Waals surface area contributed by atoms with Crippen LogP contribution in [0.1, 0.15) is 54.1 Å². The summed E-state index contributed by atoms with van der Waals surface area (Å²) in [6, 6.07) is 8.83. The highest BCUT2D eigenvalue weighted by Crippen LogP contribution is 2.30. The molecular weight excluding hydrogens is 372 g/mol. The molecule has 1 atom stereocenters. The molecule has 0 saturated heterocycles. The molecule has 0 fully saturated rings. The van der Waals surface area contributed by atoms with Crippen LogP contribution in [0.5, 0.6) is 0 Å². The van der Waals surface area contributed by atoms with E-state index in [-0.39, 0.29) is 16.8 Å². The van der Waals surface area contributed by atoms with Crippen LogP contribution in [0.3, 0.4) is 0 Å². The lowest BCUT2D eigenvalue weighted by Gasteiger charge is -2.29. The third-order valence-corrected chi connectivity index (χ3v) is 7.08. The van der Waals surface area contributed by atoms with Gasteiger partial charge in [-0.2, -0.15) is 0 Å². The minimum absolute atomic E-state index is 0.0199. The molecular formula is C22H28N2O3S. The molecule has 150 valence electrons. The Hall–Kier alpha value is -2.18. The van der Waals surface area contributed by atoms with Crippen LogP contribution >= 0.6 is 0 Å². The lowest BCUT2D eigenvalue weighted by Crippen LogP contribution is -2.34. The van der Waals surface area contributed by atoms with Gasteiger partial charge in [-0.15, -0.1) is 0 Å². The van der Waals surface area contributed by atoms with E-state index in [0.29, 0.717) is 6.54 Å². The Morgan fingerprint density at radius 3 is 2.43 bits per heavy atom. The van der Waals surface area contributed by atoms with Gasteiger partial charge in [0.25, 0.3) is 0 Å². The zero-order valence-electron chi connectivity index (χ0n) is 17.2. The Bertz CT molecular complexity index is 1030. The molecule has 28 heavy (non-hydrogen) atoms. The van der Waals surface area contributed by atoms with Gasteiger partial charge in [-0.05, 0) is 86.6 Å². The molecule has 2 aromatic carbocycles. The van der Waals surface area contributed by atoms with Gasteiger partial charge in [-0.25, -0.2) is 13.1 Å². The molecule has 5 nitrogen and oxygen atoms in total. The summed E-state index contributed by atoms with van der Waals surface area (Å²) in [6.07, 6.45) is 1.61. The highest BCUT2D eigenvalue weighted by atomic mass is 32.2. The van der Waals surface area contributed by atoms with E-state index in [1.807, 2.05) is 20.8 Å². The standard InChI is InChI=1S/C22H28N2O3S/c1-14-11-16(3)21(12-15(14)2)17(4)23-28(26,27)20-8-9-22-19(13-20)7-6-10-24(22)18(5)25/h8-9,11-13,17,23H,6-7,10H2,1-5H3/t17-/m0/s1. The number of aryl methyl sites for hydroxylation is 4. The summed E-state index contributed by atoms with van der Waals surface area (Å²) in [6.45, 7) is 10.2. The van der Waals surface area contributed by atoms with Gasteiger partial charge in [0.2, 0.25) is 15.9 Å². The molecule has 3 rings (SSSR count). The maximum absolute atomic E-state index is 13.0. The largest absolute Gasteiger partial charge is 0.312 e. The van der Waals surface area contributed by atoms with E-state index < -0.39 is 10.0 Å². The van der Waals surface area contributed by atoms with E-state index >= 15 is 0 Å². The van der Waals surface area contributed by atoms with Crippen LogP contribution in [0.25, 0.3) is 0 Å². The first-order valence-corrected chi connectivity index (χ1v) is 11.1. The number of anilines is 1. The number of hydrogen-bond acceptors (Lipinski definition) is 3. The zero-order valence-corrected chi connectivity index (χ0v) is 18.0. The second-order valence-electron chi connectivity index (χ2n) is 7.70. The molecule has 0 spiro atoms. The van der Waals surface area contributed by atoms with Gasteiger partial charge in [0.05, 0.1) is 4.90 Å². The molecule has 0 radical (unpaired) electrons. The number of carbonyl (C=O) groups excluding carboxylic acids is 1. The van der Waals surface area contributed by atoms with Gasteiger partial charge in [0.15, 0.2) is 0 Å². The number of hydrogen-bond donors (Lipinski definition) is 1. The van der Waals surface area contributed by atoms with Gasteiger partial charge in [0.1, 0.15) is 0 Å². The van der Waals surface area contributed by atoms with Crippen molar-refractivity contribution < 1.29 is 13.2 Å². The Balaban J connectivity index is 1.89. The molecule has 1 heterocycles. The van der Waals surface area contributed by atoms with E-state index in [0.717, 1.165) is 40.8 Å². The molecule has 1 aliphatic heterocycles. The summed E-state index contributed by atoms with van der Waals surface area (Å²) in [4.78, 5) is 13.8. The van der Waals surface area contributed by atoms with Gasteiger partial charge >= 0.3 is 0 Å². The van der Waals surface area contributed by atoms with Gasteiger partial charge in [-0.1, -0.05) is 12.1 Å².